The Morgan fingerprint density at radius 2 is 1.58 bits per heavy atom. The number of rotatable bonds is 4. The van der Waals surface area contributed by atoms with E-state index in [9.17, 15) is 4.79 Å². The number of carbonyl (C=O) groups excluding carboxylic acids is 1. The van der Waals surface area contributed by atoms with Crippen LogP contribution in [0.2, 0.25) is 0 Å². The molecule has 162 valence electrons. The van der Waals surface area contributed by atoms with Gasteiger partial charge < -0.3 is 15.5 Å². The largest absolute Gasteiger partial charge is 0.357 e. The van der Waals surface area contributed by atoms with Crippen molar-refractivity contribution in [3.05, 3.63) is 79.0 Å². The third-order valence-electron chi connectivity index (χ3n) is 5.64. The molecule has 1 aliphatic rings. The third-order valence-corrected chi connectivity index (χ3v) is 5.64. The molecule has 2 amide bonds. The van der Waals surface area contributed by atoms with Crippen LogP contribution >= 0.6 is 0 Å². The second-order valence-electron chi connectivity index (χ2n) is 7.67. The molecule has 0 atom stereocenters. The topological polar surface area (TPSA) is 57.3 Å². The molecule has 0 aliphatic carbocycles. The number of urea groups is 1. The van der Waals surface area contributed by atoms with Gasteiger partial charge in [0.2, 0.25) is 0 Å². The first-order valence-corrected chi connectivity index (χ1v) is 11.0. The zero-order chi connectivity index (χ0) is 21.9. The lowest BCUT2D eigenvalue weighted by atomic mass is 9.94. The van der Waals surface area contributed by atoms with Crippen molar-refractivity contribution in [3.8, 4) is 11.1 Å². The van der Waals surface area contributed by atoms with Crippen LogP contribution in [0.25, 0.3) is 11.1 Å². The molecular weight excluding hydrogens is 384 g/mol. The number of hydrogen-bond acceptors (Lipinski definition) is 3. The van der Waals surface area contributed by atoms with Gasteiger partial charge in [-0.25, -0.2) is 9.78 Å². The minimum atomic E-state index is -0.211. The van der Waals surface area contributed by atoms with E-state index in [2.05, 4.69) is 51.7 Å². The van der Waals surface area contributed by atoms with E-state index >= 15 is 0 Å². The summed E-state index contributed by atoms with van der Waals surface area (Å²) in [7, 11) is 1.59. The minimum Gasteiger partial charge on any atom is -0.357 e. The van der Waals surface area contributed by atoms with Gasteiger partial charge in [-0.15, -0.1) is 0 Å². The zero-order valence-electron chi connectivity index (χ0n) is 18.4. The molecule has 0 unspecified atom stereocenters. The van der Waals surface area contributed by atoms with Crippen molar-refractivity contribution in [2.24, 2.45) is 5.92 Å². The number of aromatic nitrogens is 1. The van der Waals surface area contributed by atoms with E-state index in [0.29, 0.717) is 0 Å². The Morgan fingerprint density at radius 3 is 2.16 bits per heavy atom. The van der Waals surface area contributed by atoms with Crippen molar-refractivity contribution in [2.75, 3.05) is 30.4 Å². The highest BCUT2D eigenvalue weighted by Crippen LogP contribution is 2.23. The summed E-state index contributed by atoms with van der Waals surface area (Å²) >= 11 is 0. The Morgan fingerprint density at radius 1 is 0.935 bits per heavy atom. The maximum atomic E-state index is 11.1. The Hall–Kier alpha value is -3.34. The highest BCUT2D eigenvalue weighted by Gasteiger charge is 2.18. The molecular formula is C26H32N4O. The molecule has 3 aromatic rings. The average molecular weight is 417 g/mol. The fraction of sp³-hybridized carbons (Fsp3) is 0.308. The molecule has 1 fully saturated rings. The maximum absolute atomic E-state index is 11.1. The van der Waals surface area contributed by atoms with Crippen molar-refractivity contribution in [3.63, 3.8) is 0 Å². The number of nitrogens with one attached hydrogen (secondary N) is 2. The number of hydrogen-bond donors (Lipinski definition) is 2. The predicted molar refractivity (Wildman–Crippen MR) is 129 cm³/mol. The van der Waals surface area contributed by atoms with Crippen molar-refractivity contribution < 1.29 is 4.79 Å². The fourth-order valence-corrected chi connectivity index (χ4v) is 3.68. The van der Waals surface area contributed by atoms with Gasteiger partial charge in [0, 0.05) is 32.0 Å². The van der Waals surface area contributed by atoms with Gasteiger partial charge in [-0.1, -0.05) is 61.9 Å². The van der Waals surface area contributed by atoms with Crippen LogP contribution in [0.15, 0.2) is 79.0 Å². The summed E-state index contributed by atoms with van der Waals surface area (Å²) in [5, 5.41) is 5.23. The summed E-state index contributed by atoms with van der Waals surface area (Å²) in [6.07, 6.45) is 5.86. The molecule has 4 rings (SSSR count). The SMILES string of the molecule is CCC1CCN(c2ccccn2)CC1.CNC(=O)Nc1ccc(-c2ccccc2)cc1. The quantitative estimate of drug-likeness (QED) is 0.564. The van der Waals surface area contributed by atoms with E-state index in [1.165, 1.54) is 37.9 Å². The first kappa shape index (κ1) is 22.3. The molecule has 0 radical (unpaired) electrons. The molecule has 2 aromatic carbocycles. The molecule has 5 nitrogen and oxygen atoms in total. The number of amides is 2. The first-order chi connectivity index (χ1) is 15.2. The van der Waals surface area contributed by atoms with Crippen LogP contribution < -0.4 is 15.5 Å². The van der Waals surface area contributed by atoms with Crippen LogP contribution in [0.4, 0.5) is 16.3 Å². The molecule has 31 heavy (non-hydrogen) atoms. The van der Waals surface area contributed by atoms with E-state index in [-0.39, 0.29) is 6.03 Å². The van der Waals surface area contributed by atoms with Crippen LogP contribution in [0, 0.1) is 5.92 Å². The summed E-state index contributed by atoms with van der Waals surface area (Å²) in [4.78, 5) is 17.9. The van der Waals surface area contributed by atoms with Crippen molar-refractivity contribution in [1.82, 2.24) is 10.3 Å². The Labute approximate surface area is 185 Å². The molecule has 1 saturated heterocycles. The van der Waals surface area contributed by atoms with E-state index in [1.54, 1.807) is 7.05 Å². The predicted octanol–water partition coefficient (Wildman–Crippen LogP) is 5.81. The monoisotopic (exact) mass is 416 g/mol. The van der Waals surface area contributed by atoms with Gasteiger partial charge in [-0.3, -0.25) is 0 Å². The summed E-state index contributed by atoms with van der Waals surface area (Å²) in [5.41, 5.74) is 3.08. The van der Waals surface area contributed by atoms with E-state index in [0.717, 1.165) is 23.0 Å². The minimum absolute atomic E-state index is 0.211. The van der Waals surface area contributed by atoms with Crippen molar-refractivity contribution >= 4 is 17.5 Å². The smallest absolute Gasteiger partial charge is 0.318 e. The zero-order valence-corrected chi connectivity index (χ0v) is 18.4. The molecule has 0 saturated carbocycles. The Bertz CT molecular complexity index is 905. The molecule has 5 heteroatoms. The van der Waals surface area contributed by atoms with Gasteiger partial charge >= 0.3 is 6.03 Å². The van der Waals surface area contributed by atoms with Crippen LogP contribution in [0.5, 0.6) is 0 Å². The van der Waals surface area contributed by atoms with Crippen molar-refractivity contribution in [1.29, 1.82) is 0 Å². The van der Waals surface area contributed by atoms with Crippen LogP contribution in [0.1, 0.15) is 26.2 Å². The number of piperidine rings is 1. The summed E-state index contributed by atoms with van der Waals surface area (Å²) in [6.45, 7) is 4.64. The summed E-state index contributed by atoms with van der Waals surface area (Å²) in [5.74, 6) is 2.08. The number of anilines is 2. The Balaban J connectivity index is 0.000000179. The second-order valence-corrected chi connectivity index (χ2v) is 7.67. The van der Waals surface area contributed by atoms with Gasteiger partial charge in [0.1, 0.15) is 5.82 Å². The summed E-state index contributed by atoms with van der Waals surface area (Å²) < 4.78 is 0. The molecule has 1 aromatic heterocycles. The van der Waals surface area contributed by atoms with E-state index in [1.807, 2.05) is 54.7 Å². The van der Waals surface area contributed by atoms with E-state index in [4.69, 9.17) is 0 Å². The van der Waals surface area contributed by atoms with Crippen molar-refractivity contribution in [2.45, 2.75) is 26.2 Å². The lowest BCUT2D eigenvalue weighted by molar-refractivity contribution is 0.254. The number of nitrogens with zero attached hydrogens (tertiary/aromatic N) is 2. The molecule has 2 heterocycles. The normalized spacial score (nSPS) is 13.7. The highest BCUT2D eigenvalue weighted by atomic mass is 16.2. The van der Waals surface area contributed by atoms with Gasteiger partial charge in [-0.2, -0.15) is 0 Å². The maximum Gasteiger partial charge on any atom is 0.318 e. The molecule has 1 aliphatic heterocycles. The second kappa shape index (κ2) is 11.7. The summed E-state index contributed by atoms with van der Waals surface area (Å²) in [6, 6.07) is 23.8. The van der Waals surface area contributed by atoms with E-state index < -0.39 is 0 Å². The lowest BCUT2D eigenvalue weighted by Crippen LogP contribution is -2.33. The average Bonchev–Trinajstić information content (AvgIpc) is 2.86. The molecule has 2 N–H and O–H groups in total. The van der Waals surface area contributed by atoms with Crippen LogP contribution in [-0.2, 0) is 0 Å². The number of benzene rings is 2. The highest BCUT2D eigenvalue weighted by molar-refractivity contribution is 5.89. The number of pyridine rings is 1. The van der Waals surface area contributed by atoms with Gasteiger partial charge in [0.05, 0.1) is 0 Å². The standard InChI is InChI=1S/C14H14N2O.C12H18N2/c1-15-14(17)16-13-9-7-12(8-10-13)11-5-3-2-4-6-11;1-2-11-6-9-14(10-7-11)12-5-3-4-8-13-12/h2-10H,1H3,(H2,15,16,17);3-5,8,11H,2,6-7,9-10H2,1H3. The van der Waals surface area contributed by atoms with Gasteiger partial charge in [0.25, 0.3) is 0 Å². The third kappa shape index (κ3) is 6.85. The molecule has 0 spiro atoms. The van der Waals surface area contributed by atoms with Crippen LogP contribution in [-0.4, -0.2) is 31.2 Å². The Kier molecular flexibility index (Phi) is 8.47. The molecule has 0 bridgehead atoms. The number of carbonyl (C=O) groups is 1. The first-order valence-electron chi connectivity index (χ1n) is 11.0. The van der Waals surface area contributed by atoms with Gasteiger partial charge in [0.15, 0.2) is 0 Å². The lowest BCUT2D eigenvalue weighted by Gasteiger charge is -2.32. The van der Waals surface area contributed by atoms with Crippen LogP contribution in [0.3, 0.4) is 0 Å². The fourth-order valence-electron chi connectivity index (χ4n) is 3.68. The van der Waals surface area contributed by atoms with Gasteiger partial charge in [-0.05, 0) is 54.2 Å².